The van der Waals surface area contributed by atoms with Crippen molar-refractivity contribution in [1.82, 2.24) is 15.2 Å². The van der Waals surface area contributed by atoms with Crippen LogP contribution in [0, 0.1) is 0 Å². The molecule has 1 atom stereocenters. The van der Waals surface area contributed by atoms with E-state index in [1.807, 2.05) is 24.3 Å². The molecule has 0 bridgehead atoms. The van der Waals surface area contributed by atoms with Crippen LogP contribution in [0.3, 0.4) is 0 Å². The van der Waals surface area contributed by atoms with Crippen LogP contribution in [0.1, 0.15) is 45.4 Å². The van der Waals surface area contributed by atoms with Crippen LogP contribution in [0.5, 0.6) is 0 Å². The Morgan fingerprint density at radius 3 is 2.46 bits per heavy atom. The van der Waals surface area contributed by atoms with Gasteiger partial charge in [-0.1, -0.05) is 48.5 Å². The highest BCUT2D eigenvalue weighted by molar-refractivity contribution is 7.09. The van der Waals surface area contributed by atoms with Crippen LogP contribution in [-0.2, 0) is 16.0 Å². The van der Waals surface area contributed by atoms with Crippen LogP contribution >= 0.6 is 11.3 Å². The number of alkyl carbamates (subject to hydrolysis) is 1. The van der Waals surface area contributed by atoms with E-state index < -0.39 is 18.1 Å². The monoisotopic (exact) mass is 491 g/mol. The lowest BCUT2D eigenvalue weighted by atomic mass is 9.98. The standard InChI is InChI=1S/C26H25N3O5S/c30-24(29-13-5-10-22(29)25(31)32)21-15-35-23(28-21)11-12-27-26(33)34-14-20-18-8-3-1-6-16(18)17-7-2-4-9-19(17)20/h1-4,6-9,15,20,22H,5,10-14H2,(H,27,33)(H,31,32)/t22-/m0/s1. The van der Waals surface area contributed by atoms with Crippen molar-refractivity contribution < 1.29 is 24.2 Å². The second kappa shape index (κ2) is 9.87. The van der Waals surface area contributed by atoms with Crippen molar-refractivity contribution in [3.63, 3.8) is 0 Å². The number of carboxylic acid groups (broad SMARTS) is 1. The van der Waals surface area contributed by atoms with Crippen molar-refractivity contribution in [2.75, 3.05) is 19.7 Å². The number of ether oxygens (including phenoxy) is 1. The van der Waals surface area contributed by atoms with Crippen molar-refractivity contribution in [3.8, 4) is 11.1 Å². The number of hydrogen-bond acceptors (Lipinski definition) is 6. The summed E-state index contributed by atoms with van der Waals surface area (Å²) in [5.74, 6) is -1.35. The van der Waals surface area contributed by atoms with Gasteiger partial charge in [-0.05, 0) is 35.1 Å². The molecular weight excluding hydrogens is 466 g/mol. The van der Waals surface area contributed by atoms with Gasteiger partial charge in [0.2, 0.25) is 0 Å². The highest BCUT2D eigenvalue weighted by atomic mass is 32.1. The van der Waals surface area contributed by atoms with Crippen LogP contribution < -0.4 is 5.32 Å². The van der Waals surface area contributed by atoms with E-state index in [0.717, 1.165) is 11.1 Å². The van der Waals surface area contributed by atoms with Crippen molar-refractivity contribution in [3.05, 3.63) is 75.7 Å². The molecule has 0 saturated carbocycles. The van der Waals surface area contributed by atoms with E-state index in [4.69, 9.17) is 4.74 Å². The van der Waals surface area contributed by atoms with Crippen LogP contribution in [-0.4, -0.2) is 58.7 Å². The number of aliphatic carboxylic acids is 1. The molecule has 2 aliphatic rings. The van der Waals surface area contributed by atoms with Crippen molar-refractivity contribution in [1.29, 1.82) is 0 Å². The maximum Gasteiger partial charge on any atom is 0.407 e. The van der Waals surface area contributed by atoms with Gasteiger partial charge in [0.1, 0.15) is 18.3 Å². The molecule has 0 unspecified atom stereocenters. The zero-order valence-corrected chi connectivity index (χ0v) is 19.8. The van der Waals surface area contributed by atoms with Gasteiger partial charge in [0.15, 0.2) is 0 Å². The first-order chi connectivity index (χ1) is 17.0. The third kappa shape index (κ3) is 4.64. The van der Waals surface area contributed by atoms with Crippen LogP contribution in [0.4, 0.5) is 4.79 Å². The third-order valence-corrected chi connectivity index (χ3v) is 7.43. The lowest BCUT2D eigenvalue weighted by Gasteiger charge is -2.20. The molecule has 1 fully saturated rings. The fourth-order valence-electron chi connectivity index (χ4n) is 4.86. The highest BCUT2D eigenvalue weighted by Gasteiger charge is 2.35. The minimum absolute atomic E-state index is 0.000832. The summed E-state index contributed by atoms with van der Waals surface area (Å²) < 4.78 is 5.54. The summed E-state index contributed by atoms with van der Waals surface area (Å²) in [5.41, 5.74) is 4.92. The summed E-state index contributed by atoms with van der Waals surface area (Å²) in [6, 6.07) is 15.6. The van der Waals surface area contributed by atoms with Gasteiger partial charge in [0.05, 0.1) is 5.01 Å². The molecule has 1 aromatic heterocycles. The van der Waals surface area contributed by atoms with Crippen LogP contribution in [0.15, 0.2) is 53.9 Å². The molecule has 2 aromatic carbocycles. The number of thiazole rings is 1. The zero-order chi connectivity index (χ0) is 24.4. The number of carbonyl (C=O) groups excluding carboxylic acids is 2. The fraction of sp³-hybridized carbons (Fsp3) is 0.308. The van der Waals surface area contributed by atoms with Crippen molar-refractivity contribution in [2.45, 2.75) is 31.2 Å². The molecule has 0 spiro atoms. The van der Waals surface area contributed by atoms with Crippen molar-refractivity contribution >= 4 is 29.3 Å². The van der Waals surface area contributed by atoms with E-state index in [1.165, 1.54) is 27.4 Å². The van der Waals surface area contributed by atoms with Gasteiger partial charge in [0, 0.05) is 30.8 Å². The molecule has 2 heterocycles. The maximum atomic E-state index is 12.7. The fourth-order valence-corrected chi connectivity index (χ4v) is 5.63. The summed E-state index contributed by atoms with van der Waals surface area (Å²) in [6.07, 6.45) is 1.08. The van der Waals surface area contributed by atoms with Gasteiger partial charge in [-0.15, -0.1) is 11.3 Å². The molecule has 1 aliphatic heterocycles. The predicted molar refractivity (Wildman–Crippen MR) is 131 cm³/mol. The number of nitrogens with one attached hydrogen (secondary N) is 1. The second-order valence-electron chi connectivity index (χ2n) is 8.62. The molecule has 2 N–H and O–H groups in total. The van der Waals surface area contributed by atoms with Gasteiger partial charge in [0.25, 0.3) is 5.91 Å². The lowest BCUT2D eigenvalue weighted by Crippen LogP contribution is -2.40. The Hall–Kier alpha value is -3.72. The van der Waals surface area contributed by atoms with Gasteiger partial charge in [-0.2, -0.15) is 0 Å². The average Bonchev–Trinajstić information content (AvgIpc) is 3.60. The summed E-state index contributed by atoms with van der Waals surface area (Å²) in [6.45, 7) is 0.988. The Morgan fingerprint density at radius 2 is 1.77 bits per heavy atom. The maximum absolute atomic E-state index is 12.7. The molecule has 8 nitrogen and oxygen atoms in total. The Bertz CT molecular complexity index is 1230. The first-order valence-electron chi connectivity index (χ1n) is 11.6. The Morgan fingerprint density at radius 1 is 1.09 bits per heavy atom. The Kier molecular flexibility index (Phi) is 6.50. The number of carbonyl (C=O) groups is 3. The molecule has 1 aliphatic carbocycles. The third-order valence-electron chi connectivity index (χ3n) is 6.52. The summed E-state index contributed by atoms with van der Waals surface area (Å²) in [7, 11) is 0. The molecule has 35 heavy (non-hydrogen) atoms. The normalized spacial score (nSPS) is 16.6. The molecule has 3 aromatic rings. The molecule has 180 valence electrons. The zero-order valence-electron chi connectivity index (χ0n) is 19.0. The highest BCUT2D eigenvalue weighted by Crippen LogP contribution is 2.44. The van der Waals surface area contributed by atoms with Crippen LogP contribution in [0.2, 0.25) is 0 Å². The second-order valence-corrected chi connectivity index (χ2v) is 9.57. The van der Waals surface area contributed by atoms with E-state index in [2.05, 4.69) is 34.6 Å². The summed E-state index contributed by atoms with van der Waals surface area (Å²) >= 11 is 1.32. The molecule has 5 rings (SSSR count). The van der Waals surface area contributed by atoms with E-state index in [0.29, 0.717) is 37.4 Å². The Balaban J connectivity index is 1.12. The van der Waals surface area contributed by atoms with E-state index >= 15 is 0 Å². The summed E-state index contributed by atoms with van der Waals surface area (Å²) in [4.78, 5) is 42.1. The van der Waals surface area contributed by atoms with E-state index in [1.54, 1.807) is 5.38 Å². The minimum atomic E-state index is -0.987. The molecular formula is C26H25N3O5S. The van der Waals surface area contributed by atoms with Gasteiger partial charge >= 0.3 is 12.1 Å². The quantitative estimate of drug-likeness (QED) is 0.519. The first-order valence-corrected chi connectivity index (χ1v) is 12.5. The molecule has 9 heteroatoms. The molecule has 1 saturated heterocycles. The first kappa shape index (κ1) is 23.0. The van der Waals surface area contributed by atoms with Gasteiger partial charge < -0.3 is 20.1 Å². The number of aromatic nitrogens is 1. The average molecular weight is 492 g/mol. The smallest absolute Gasteiger partial charge is 0.407 e. The van der Waals surface area contributed by atoms with Crippen molar-refractivity contribution in [2.24, 2.45) is 0 Å². The minimum Gasteiger partial charge on any atom is -0.480 e. The lowest BCUT2D eigenvalue weighted by molar-refractivity contribution is -0.141. The number of amides is 2. The number of carboxylic acids is 1. The number of nitrogens with zero attached hydrogens (tertiary/aromatic N) is 2. The molecule has 2 amide bonds. The molecule has 0 radical (unpaired) electrons. The van der Waals surface area contributed by atoms with E-state index in [9.17, 15) is 19.5 Å². The number of likely N-dealkylation sites (tertiary alicyclic amines) is 1. The topological polar surface area (TPSA) is 109 Å². The van der Waals surface area contributed by atoms with Crippen LogP contribution in [0.25, 0.3) is 11.1 Å². The predicted octanol–water partition coefficient (Wildman–Crippen LogP) is 3.91. The summed E-state index contributed by atoms with van der Waals surface area (Å²) in [5, 5.41) is 14.4. The number of benzene rings is 2. The van der Waals surface area contributed by atoms with E-state index in [-0.39, 0.29) is 24.1 Å². The number of fused-ring (bicyclic) bond motifs is 3. The SMILES string of the molecule is O=C(NCCc1nc(C(=O)N2CCC[C@H]2C(=O)O)cs1)OCC1c2ccccc2-c2ccccc21. The van der Waals surface area contributed by atoms with Gasteiger partial charge in [-0.25, -0.2) is 14.6 Å². The largest absolute Gasteiger partial charge is 0.480 e. The number of rotatable bonds is 7. The Labute approximate surface area is 206 Å². The van der Waals surface area contributed by atoms with Gasteiger partial charge in [-0.3, -0.25) is 4.79 Å². The number of hydrogen-bond donors (Lipinski definition) is 2.